The van der Waals surface area contributed by atoms with Gasteiger partial charge in [-0.2, -0.15) is 16.9 Å². The SMILES string of the molecule is O=Cc1cccn2nc(C3CCSC3)nc12. The van der Waals surface area contributed by atoms with Crippen molar-refractivity contribution in [3.05, 3.63) is 29.7 Å². The predicted octanol–water partition coefficient (Wildman–Crippen LogP) is 1.76. The van der Waals surface area contributed by atoms with E-state index >= 15 is 0 Å². The Bertz CT molecular complexity index is 531. The summed E-state index contributed by atoms with van der Waals surface area (Å²) in [5.41, 5.74) is 1.27. The van der Waals surface area contributed by atoms with E-state index in [0.717, 1.165) is 24.3 Å². The quantitative estimate of drug-likeness (QED) is 0.742. The highest BCUT2D eigenvalue weighted by molar-refractivity contribution is 7.99. The van der Waals surface area contributed by atoms with Gasteiger partial charge in [0.15, 0.2) is 17.8 Å². The minimum absolute atomic E-state index is 0.449. The summed E-state index contributed by atoms with van der Waals surface area (Å²) < 4.78 is 1.70. The highest BCUT2D eigenvalue weighted by atomic mass is 32.2. The van der Waals surface area contributed by atoms with Gasteiger partial charge in [-0.1, -0.05) is 0 Å². The molecule has 1 aliphatic rings. The van der Waals surface area contributed by atoms with E-state index in [9.17, 15) is 4.79 Å². The number of carbonyl (C=O) groups excluding carboxylic acids is 1. The molecule has 1 fully saturated rings. The Labute approximate surface area is 97.1 Å². The van der Waals surface area contributed by atoms with Crippen molar-refractivity contribution in [2.24, 2.45) is 0 Å². The van der Waals surface area contributed by atoms with Gasteiger partial charge in [0.2, 0.25) is 0 Å². The Kier molecular flexibility index (Phi) is 2.40. The van der Waals surface area contributed by atoms with Crippen molar-refractivity contribution in [1.82, 2.24) is 14.6 Å². The van der Waals surface area contributed by atoms with Gasteiger partial charge in [0, 0.05) is 17.9 Å². The van der Waals surface area contributed by atoms with Gasteiger partial charge in [0.25, 0.3) is 0 Å². The van der Waals surface area contributed by atoms with Crippen molar-refractivity contribution in [2.45, 2.75) is 12.3 Å². The molecule has 0 bridgehead atoms. The number of rotatable bonds is 2. The monoisotopic (exact) mass is 233 g/mol. The van der Waals surface area contributed by atoms with E-state index in [2.05, 4.69) is 10.1 Å². The summed E-state index contributed by atoms with van der Waals surface area (Å²) in [5.74, 6) is 3.59. The molecule has 1 saturated heterocycles. The average Bonchev–Trinajstić information content (AvgIpc) is 2.96. The topological polar surface area (TPSA) is 47.3 Å². The lowest BCUT2D eigenvalue weighted by atomic mass is 10.1. The largest absolute Gasteiger partial charge is 0.298 e. The van der Waals surface area contributed by atoms with E-state index in [1.807, 2.05) is 24.0 Å². The second kappa shape index (κ2) is 3.90. The molecule has 1 aliphatic heterocycles. The fourth-order valence-electron chi connectivity index (χ4n) is 1.95. The van der Waals surface area contributed by atoms with E-state index in [4.69, 9.17) is 0 Å². The molecule has 0 aromatic carbocycles. The molecule has 82 valence electrons. The summed E-state index contributed by atoms with van der Waals surface area (Å²) in [6.07, 6.45) is 3.80. The third kappa shape index (κ3) is 1.51. The van der Waals surface area contributed by atoms with Gasteiger partial charge in [-0.05, 0) is 24.3 Å². The maximum atomic E-state index is 10.9. The predicted molar refractivity (Wildman–Crippen MR) is 63.1 cm³/mol. The molecular formula is C11H11N3OS. The highest BCUT2D eigenvalue weighted by Gasteiger charge is 2.22. The second-order valence-corrected chi connectivity index (χ2v) is 5.03. The Morgan fingerprint density at radius 1 is 1.56 bits per heavy atom. The number of hydrogen-bond acceptors (Lipinski definition) is 4. The minimum atomic E-state index is 0.449. The number of pyridine rings is 1. The van der Waals surface area contributed by atoms with Gasteiger partial charge in [-0.15, -0.1) is 0 Å². The smallest absolute Gasteiger partial charge is 0.166 e. The first-order valence-electron chi connectivity index (χ1n) is 5.26. The van der Waals surface area contributed by atoms with Crippen LogP contribution in [0.5, 0.6) is 0 Å². The van der Waals surface area contributed by atoms with Gasteiger partial charge in [-0.25, -0.2) is 9.50 Å². The number of aldehydes is 1. The van der Waals surface area contributed by atoms with Gasteiger partial charge >= 0.3 is 0 Å². The molecule has 1 atom stereocenters. The molecule has 0 saturated carbocycles. The van der Waals surface area contributed by atoms with Crippen molar-refractivity contribution >= 4 is 23.7 Å². The molecule has 16 heavy (non-hydrogen) atoms. The molecule has 3 rings (SSSR count). The zero-order valence-electron chi connectivity index (χ0n) is 8.67. The molecule has 2 aromatic rings. The number of nitrogens with zero attached hydrogens (tertiary/aromatic N) is 3. The van der Waals surface area contributed by atoms with Gasteiger partial charge in [0.1, 0.15) is 0 Å². The fraction of sp³-hybridized carbons (Fsp3) is 0.364. The normalized spacial score (nSPS) is 20.4. The van der Waals surface area contributed by atoms with Crippen LogP contribution in [0, 0.1) is 0 Å². The second-order valence-electron chi connectivity index (χ2n) is 3.88. The van der Waals surface area contributed by atoms with Crippen molar-refractivity contribution in [2.75, 3.05) is 11.5 Å². The Hall–Kier alpha value is -1.36. The Morgan fingerprint density at radius 3 is 3.25 bits per heavy atom. The first-order chi connectivity index (χ1) is 7.88. The molecular weight excluding hydrogens is 222 g/mol. The maximum Gasteiger partial charge on any atom is 0.166 e. The van der Waals surface area contributed by atoms with Crippen molar-refractivity contribution in [3.63, 3.8) is 0 Å². The van der Waals surface area contributed by atoms with Crippen LogP contribution in [0.2, 0.25) is 0 Å². The molecule has 4 nitrogen and oxygen atoms in total. The van der Waals surface area contributed by atoms with E-state index in [-0.39, 0.29) is 0 Å². The van der Waals surface area contributed by atoms with E-state index in [0.29, 0.717) is 17.1 Å². The van der Waals surface area contributed by atoms with Crippen molar-refractivity contribution in [1.29, 1.82) is 0 Å². The standard InChI is InChI=1S/C11H11N3OS/c15-6-8-2-1-4-14-11(8)12-10(13-14)9-3-5-16-7-9/h1-2,4,6,9H,3,5,7H2. The summed E-state index contributed by atoms with van der Waals surface area (Å²) in [6.45, 7) is 0. The van der Waals surface area contributed by atoms with Gasteiger partial charge in [-0.3, -0.25) is 4.79 Å². The van der Waals surface area contributed by atoms with Gasteiger partial charge < -0.3 is 0 Å². The van der Waals surface area contributed by atoms with Crippen LogP contribution < -0.4 is 0 Å². The summed E-state index contributed by atoms with van der Waals surface area (Å²) in [4.78, 5) is 15.3. The van der Waals surface area contributed by atoms with E-state index < -0.39 is 0 Å². The van der Waals surface area contributed by atoms with Crippen LogP contribution in [0.1, 0.15) is 28.5 Å². The summed E-state index contributed by atoms with van der Waals surface area (Å²) in [5, 5.41) is 4.44. The summed E-state index contributed by atoms with van der Waals surface area (Å²) in [6, 6.07) is 3.59. The Balaban J connectivity index is 2.11. The fourth-order valence-corrected chi connectivity index (χ4v) is 3.16. The van der Waals surface area contributed by atoms with Gasteiger partial charge in [0.05, 0.1) is 5.56 Å². The van der Waals surface area contributed by atoms with Crippen LogP contribution in [0.15, 0.2) is 18.3 Å². The molecule has 1 unspecified atom stereocenters. The molecule has 0 spiro atoms. The van der Waals surface area contributed by atoms with E-state index in [1.54, 1.807) is 10.6 Å². The van der Waals surface area contributed by atoms with Crippen LogP contribution in [0.25, 0.3) is 5.65 Å². The minimum Gasteiger partial charge on any atom is -0.298 e. The molecule has 0 aliphatic carbocycles. The van der Waals surface area contributed by atoms with Crippen molar-refractivity contribution < 1.29 is 4.79 Å². The average molecular weight is 233 g/mol. The van der Waals surface area contributed by atoms with Crippen LogP contribution in [-0.2, 0) is 0 Å². The number of aromatic nitrogens is 3. The van der Waals surface area contributed by atoms with Crippen LogP contribution in [0.4, 0.5) is 0 Å². The van der Waals surface area contributed by atoms with Crippen molar-refractivity contribution in [3.8, 4) is 0 Å². The van der Waals surface area contributed by atoms with Crippen LogP contribution in [0.3, 0.4) is 0 Å². The lowest BCUT2D eigenvalue weighted by Crippen LogP contribution is -1.99. The lowest BCUT2D eigenvalue weighted by molar-refractivity contribution is 0.112. The van der Waals surface area contributed by atoms with Crippen LogP contribution >= 0.6 is 11.8 Å². The third-order valence-electron chi connectivity index (χ3n) is 2.83. The number of carbonyl (C=O) groups is 1. The molecule has 0 radical (unpaired) electrons. The zero-order valence-corrected chi connectivity index (χ0v) is 9.48. The lowest BCUT2D eigenvalue weighted by Gasteiger charge is -1.99. The van der Waals surface area contributed by atoms with E-state index in [1.165, 1.54) is 5.75 Å². The number of hydrogen-bond donors (Lipinski definition) is 0. The highest BCUT2D eigenvalue weighted by Crippen LogP contribution is 2.30. The molecule has 0 amide bonds. The number of fused-ring (bicyclic) bond motifs is 1. The molecule has 5 heteroatoms. The van der Waals surface area contributed by atoms with Crippen LogP contribution in [-0.4, -0.2) is 32.4 Å². The third-order valence-corrected chi connectivity index (χ3v) is 3.99. The first-order valence-corrected chi connectivity index (χ1v) is 6.42. The molecule has 3 heterocycles. The summed E-state index contributed by atoms with van der Waals surface area (Å²) >= 11 is 1.94. The summed E-state index contributed by atoms with van der Waals surface area (Å²) in [7, 11) is 0. The molecule has 2 aromatic heterocycles. The Morgan fingerprint density at radius 2 is 2.50 bits per heavy atom. The maximum absolute atomic E-state index is 10.9. The zero-order chi connectivity index (χ0) is 11.0. The first kappa shape index (κ1) is 9.84. The number of thioether (sulfide) groups is 1. The molecule has 0 N–H and O–H groups in total.